The molecular weight excluding hydrogens is 545 g/mol. The average Bonchev–Trinajstić information content (AvgIpc) is 2.89. The number of carbonyl (C=O) groups excluding carboxylic acids is 1. The molecule has 3 aromatic carbocycles. The second kappa shape index (κ2) is 11.3. The number of hydroxylamine groups is 1. The maximum absolute atomic E-state index is 13.8. The van der Waals surface area contributed by atoms with Crippen molar-refractivity contribution in [2.24, 2.45) is 0 Å². The van der Waals surface area contributed by atoms with Crippen LogP contribution in [0.4, 0.5) is 18.9 Å². The number of sulfone groups is 1. The predicted octanol–water partition coefficient (Wildman–Crippen LogP) is 5.55. The van der Waals surface area contributed by atoms with Gasteiger partial charge in [-0.25, -0.2) is 8.42 Å². The lowest BCUT2D eigenvalue weighted by molar-refractivity contribution is -0.137. The summed E-state index contributed by atoms with van der Waals surface area (Å²) in [6, 6.07) is 15.8. The number of benzene rings is 3. The number of nitrogens with one attached hydrogen (secondary N) is 1. The van der Waals surface area contributed by atoms with Gasteiger partial charge in [0.25, 0.3) is 5.91 Å². The molecule has 1 aliphatic rings. The first-order valence-electron chi connectivity index (χ1n) is 11.4. The summed E-state index contributed by atoms with van der Waals surface area (Å²) in [5.74, 6) is -0.599. The Morgan fingerprint density at radius 3 is 1.92 bits per heavy atom. The highest BCUT2D eigenvalue weighted by atomic mass is 35.5. The van der Waals surface area contributed by atoms with E-state index in [0.29, 0.717) is 5.06 Å². The lowest BCUT2D eigenvalue weighted by Gasteiger charge is -2.37. The van der Waals surface area contributed by atoms with Crippen LogP contribution in [0, 0.1) is 6.92 Å². The minimum Gasteiger partial charge on any atom is -0.457 e. The van der Waals surface area contributed by atoms with Crippen molar-refractivity contribution in [2.75, 3.05) is 18.2 Å². The van der Waals surface area contributed by atoms with E-state index in [9.17, 15) is 31.6 Å². The number of halogens is 4. The Kier molecular flexibility index (Phi) is 8.77. The first-order valence-corrected chi connectivity index (χ1v) is 12.9. The summed E-state index contributed by atoms with van der Waals surface area (Å²) in [6.45, 7) is 2.38. The molecule has 0 atom stereocenters. The third-order valence-corrected chi connectivity index (χ3v) is 8.84. The van der Waals surface area contributed by atoms with Crippen LogP contribution in [0.2, 0.25) is 0 Å². The number of piperidine rings is 1. The van der Waals surface area contributed by atoms with E-state index in [1.165, 1.54) is 36.4 Å². The van der Waals surface area contributed by atoms with Crippen molar-refractivity contribution in [2.45, 2.75) is 35.6 Å². The zero-order valence-electron chi connectivity index (χ0n) is 20.2. The fraction of sp³-hybridized carbons (Fsp3) is 0.269. The van der Waals surface area contributed by atoms with Gasteiger partial charge >= 0.3 is 6.18 Å². The summed E-state index contributed by atoms with van der Waals surface area (Å²) in [6.07, 6.45) is -4.55. The lowest BCUT2D eigenvalue weighted by Crippen LogP contribution is -2.58. The standard InChI is InChI=1S/C26H25F3N2O5S.ClH/c1-18-2-6-20(7-3-18)31(33)24(32)25(14-16-30-17-15-25)37(34,35)23-12-10-22(11-13-23)36-21-8-4-19(5-9-21)26(27,28)29;/h2-13,30,33H,14-17H2,1H3;1H. The molecule has 0 radical (unpaired) electrons. The zero-order chi connectivity index (χ0) is 26.8. The van der Waals surface area contributed by atoms with E-state index < -0.39 is 32.2 Å². The third kappa shape index (κ3) is 5.80. The predicted molar refractivity (Wildman–Crippen MR) is 138 cm³/mol. The highest BCUT2D eigenvalue weighted by molar-refractivity contribution is 7.93. The van der Waals surface area contributed by atoms with Gasteiger partial charge in [0, 0.05) is 0 Å². The molecule has 2 N–H and O–H groups in total. The zero-order valence-corrected chi connectivity index (χ0v) is 21.9. The molecule has 0 bridgehead atoms. The Hall–Kier alpha value is -3.12. The lowest BCUT2D eigenvalue weighted by atomic mass is 9.95. The fourth-order valence-corrected chi connectivity index (χ4v) is 6.19. The molecule has 12 heteroatoms. The molecule has 38 heavy (non-hydrogen) atoms. The second-order valence-electron chi connectivity index (χ2n) is 8.80. The number of amides is 1. The van der Waals surface area contributed by atoms with E-state index in [2.05, 4.69) is 5.32 Å². The minimum atomic E-state index is -4.47. The van der Waals surface area contributed by atoms with Gasteiger partial charge in [-0.1, -0.05) is 17.7 Å². The van der Waals surface area contributed by atoms with Crippen LogP contribution in [0.1, 0.15) is 24.0 Å². The smallest absolute Gasteiger partial charge is 0.416 e. The fourth-order valence-electron chi connectivity index (χ4n) is 4.18. The highest BCUT2D eigenvalue weighted by Crippen LogP contribution is 2.37. The van der Waals surface area contributed by atoms with Crippen LogP contribution in [0.15, 0.2) is 77.7 Å². The minimum absolute atomic E-state index is 0. The first-order chi connectivity index (χ1) is 17.4. The average molecular weight is 571 g/mol. The van der Waals surface area contributed by atoms with Crippen LogP contribution < -0.4 is 15.1 Å². The number of aryl methyl sites for hydroxylation is 1. The number of alkyl halides is 3. The SMILES string of the molecule is Cc1ccc(N(O)C(=O)C2(S(=O)(=O)c3ccc(Oc4ccc(C(F)(F)F)cc4)cc3)CCNCC2)cc1.Cl. The summed E-state index contributed by atoms with van der Waals surface area (Å²) < 4.78 is 69.6. The number of nitrogens with zero attached hydrogens (tertiary/aromatic N) is 1. The molecule has 7 nitrogen and oxygen atoms in total. The first kappa shape index (κ1) is 29.4. The van der Waals surface area contributed by atoms with E-state index >= 15 is 0 Å². The molecule has 204 valence electrons. The summed E-state index contributed by atoms with van der Waals surface area (Å²) in [7, 11) is -4.27. The molecule has 4 rings (SSSR count). The number of carbonyl (C=O) groups is 1. The van der Waals surface area contributed by atoms with Crippen LogP contribution in [0.3, 0.4) is 0 Å². The number of hydrogen-bond acceptors (Lipinski definition) is 6. The third-order valence-electron chi connectivity index (χ3n) is 6.34. The Morgan fingerprint density at radius 1 is 0.921 bits per heavy atom. The van der Waals surface area contributed by atoms with Gasteiger partial charge in [0.1, 0.15) is 11.5 Å². The molecule has 0 unspecified atom stereocenters. The van der Waals surface area contributed by atoms with Crippen LogP contribution in [0.25, 0.3) is 0 Å². The van der Waals surface area contributed by atoms with E-state index in [-0.39, 0.29) is 60.4 Å². The van der Waals surface area contributed by atoms with Gasteiger partial charge in [-0.15, -0.1) is 12.4 Å². The van der Waals surface area contributed by atoms with Gasteiger partial charge in [0.05, 0.1) is 16.1 Å². The second-order valence-corrected chi connectivity index (χ2v) is 11.1. The van der Waals surface area contributed by atoms with Crippen molar-refractivity contribution in [1.29, 1.82) is 0 Å². The highest BCUT2D eigenvalue weighted by Gasteiger charge is 2.53. The van der Waals surface area contributed by atoms with Crippen molar-refractivity contribution < 1.29 is 36.3 Å². The van der Waals surface area contributed by atoms with Crippen molar-refractivity contribution in [3.63, 3.8) is 0 Å². The molecule has 1 fully saturated rings. The number of rotatable bonds is 6. The molecule has 0 aliphatic carbocycles. The van der Waals surface area contributed by atoms with E-state index in [1.54, 1.807) is 12.1 Å². The maximum atomic E-state index is 13.8. The quantitative estimate of drug-likeness (QED) is 0.298. The van der Waals surface area contributed by atoms with Crippen LogP contribution in [-0.2, 0) is 20.8 Å². The van der Waals surface area contributed by atoms with Gasteiger partial charge in [-0.05, 0) is 93.5 Å². The Balaban J connectivity index is 0.00000400. The molecule has 0 saturated carbocycles. The van der Waals surface area contributed by atoms with Gasteiger partial charge in [0.15, 0.2) is 14.6 Å². The topological polar surface area (TPSA) is 95.9 Å². The monoisotopic (exact) mass is 570 g/mol. The van der Waals surface area contributed by atoms with Crippen molar-refractivity contribution in [3.8, 4) is 11.5 Å². The summed E-state index contributed by atoms with van der Waals surface area (Å²) in [5, 5.41) is 14.1. The Morgan fingerprint density at radius 2 is 1.42 bits per heavy atom. The van der Waals surface area contributed by atoms with Crippen molar-refractivity contribution in [1.82, 2.24) is 5.32 Å². The molecule has 0 aromatic heterocycles. The van der Waals surface area contributed by atoms with Gasteiger partial charge in [-0.2, -0.15) is 18.2 Å². The Labute approximate surface area is 224 Å². The van der Waals surface area contributed by atoms with Crippen LogP contribution >= 0.6 is 12.4 Å². The number of ether oxygens (including phenoxy) is 1. The largest absolute Gasteiger partial charge is 0.457 e. The van der Waals surface area contributed by atoms with Gasteiger partial charge in [-0.3, -0.25) is 10.0 Å². The number of anilines is 1. The molecule has 1 saturated heterocycles. The van der Waals surface area contributed by atoms with E-state index in [0.717, 1.165) is 29.8 Å². The molecule has 0 spiro atoms. The van der Waals surface area contributed by atoms with Gasteiger partial charge < -0.3 is 10.1 Å². The molecule has 1 aliphatic heterocycles. The van der Waals surface area contributed by atoms with Crippen molar-refractivity contribution in [3.05, 3.63) is 83.9 Å². The molecule has 1 heterocycles. The summed E-state index contributed by atoms with van der Waals surface area (Å²) >= 11 is 0. The molecule has 3 aromatic rings. The van der Waals surface area contributed by atoms with Crippen molar-refractivity contribution >= 4 is 33.8 Å². The maximum Gasteiger partial charge on any atom is 0.416 e. The van der Waals surface area contributed by atoms with E-state index in [1.807, 2.05) is 6.92 Å². The summed E-state index contributed by atoms with van der Waals surface area (Å²) in [5.41, 5.74) is 0.248. The molecule has 1 amide bonds. The summed E-state index contributed by atoms with van der Waals surface area (Å²) in [4.78, 5) is 13.4. The van der Waals surface area contributed by atoms with Gasteiger partial charge in [0.2, 0.25) is 0 Å². The molecular formula is C26H26ClF3N2O5S. The van der Waals surface area contributed by atoms with Crippen LogP contribution in [0.5, 0.6) is 11.5 Å². The normalized spacial score (nSPS) is 15.3. The number of hydrogen-bond donors (Lipinski definition) is 2. The Bertz CT molecular complexity index is 1360. The van der Waals surface area contributed by atoms with E-state index in [4.69, 9.17) is 4.74 Å². The van der Waals surface area contributed by atoms with Crippen LogP contribution in [-0.4, -0.2) is 37.4 Å².